The average Bonchev–Trinajstić information content (AvgIpc) is 3.37. The molecule has 0 radical (unpaired) electrons. The second-order valence-corrected chi connectivity index (χ2v) is 14.3. The molecule has 0 spiro atoms. The minimum absolute atomic E-state index is 0.125. The minimum atomic E-state index is -3.97. The summed E-state index contributed by atoms with van der Waals surface area (Å²) < 4.78 is 85.8. The Bertz CT molecular complexity index is 1620. The van der Waals surface area contributed by atoms with Gasteiger partial charge in [0, 0.05) is 23.4 Å². The lowest BCUT2D eigenvalue weighted by atomic mass is 9.94. The molecule has 0 fully saturated rings. The highest BCUT2D eigenvalue weighted by Gasteiger charge is 2.37. The van der Waals surface area contributed by atoms with Crippen LogP contribution in [0.5, 0.6) is 0 Å². The minimum Gasteiger partial charge on any atom is -0.270 e. The van der Waals surface area contributed by atoms with Crippen molar-refractivity contribution < 1.29 is 33.6 Å². The van der Waals surface area contributed by atoms with Crippen molar-refractivity contribution in [3.05, 3.63) is 64.8 Å². The average molecular weight is 556 g/mol. The van der Waals surface area contributed by atoms with Gasteiger partial charge in [0.2, 0.25) is 0 Å². The van der Waals surface area contributed by atoms with Crippen LogP contribution in [-0.2, 0) is 45.0 Å². The fourth-order valence-electron chi connectivity index (χ4n) is 4.81. The lowest BCUT2D eigenvalue weighted by molar-refractivity contribution is 0.264. The van der Waals surface area contributed by atoms with Crippen molar-refractivity contribution in [2.75, 3.05) is 25.7 Å². The van der Waals surface area contributed by atoms with Crippen LogP contribution in [0, 0.1) is 6.92 Å². The molecule has 0 unspecified atom stereocenters. The van der Waals surface area contributed by atoms with Crippen LogP contribution in [-0.4, -0.2) is 55.0 Å². The number of hydrogen-bond donors (Lipinski definition) is 0. The Balaban J connectivity index is 1.95. The van der Waals surface area contributed by atoms with Crippen LogP contribution in [0.2, 0.25) is 0 Å². The van der Waals surface area contributed by atoms with Crippen molar-refractivity contribution in [1.82, 2.24) is 3.97 Å². The molecule has 0 bridgehead atoms. The first-order valence-corrected chi connectivity index (χ1v) is 16.5. The summed E-state index contributed by atoms with van der Waals surface area (Å²) in [7, 11) is -11.4. The van der Waals surface area contributed by atoms with E-state index in [1.165, 1.54) is 10.2 Å². The number of benzene rings is 2. The van der Waals surface area contributed by atoms with Crippen LogP contribution in [0.15, 0.2) is 47.5 Å². The molecule has 12 heteroatoms. The third kappa shape index (κ3) is 5.37. The Morgan fingerprint density at radius 3 is 2.03 bits per heavy atom. The third-order valence-electron chi connectivity index (χ3n) is 6.44. The predicted octanol–water partition coefficient (Wildman–Crippen LogP) is 3.27. The summed E-state index contributed by atoms with van der Waals surface area (Å²) in [6.07, 6.45) is 4.38. The molecule has 9 nitrogen and oxygen atoms in total. The summed E-state index contributed by atoms with van der Waals surface area (Å²) in [5.74, 6) is -0.874. The highest BCUT2D eigenvalue weighted by Crippen LogP contribution is 2.47. The number of aromatic nitrogens is 1. The van der Waals surface area contributed by atoms with E-state index < -0.39 is 36.2 Å². The van der Waals surface area contributed by atoms with E-state index in [1.54, 1.807) is 30.3 Å². The summed E-state index contributed by atoms with van der Waals surface area (Å²) in [6.45, 7) is 3.49. The molecule has 0 aliphatic heterocycles. The second kappa shape index (κ2) is 9.56. The molecule has 3 aromatic rings. The summed E-state index contributed by atoms with van der Waals surface area (Å²) >= 11 is 0. The van der Waals surface area contributed by atoms with Gasteiger partial charge in [0.15, 0.2) is 0 Å². The van der Waals surface area contributed by atoms with Gasteiger partial charge in [0.25, 0.3) is 30.3 Å². The molecule has 0 saturated carbocycles. The highest BCUT2D eigenvalue weighted by molar-refractivity contribution is 7.90. The van der Waals surface area contributed by atoms with Gasteiger partial charge in [-0.25, -0.2) is 12.4 Å². The van der Waals surface area contributed by atoms with Crippen LogP contribution in [0.4, 0.5) is 0 Å². The standard InChI is InChI=1S/C24H29NO8S3/c1-5-17-13-22-18(14-32-34(3,26)27)12-19(15-33-35(4,28)29)23(22)24-21(17)10-11-25(24)36(30,31)20-8-6-16(2)7-9-20/h6-11,13,18-19H,5,12,14-15H2,1-4H3/t18-,19+/m0/s1. The maximum atomic E-state index is 13.7. The molecule has 36 heavy (non-hydrogen) atoms. The molecular weight excluding hydrogens is 526 g/mol. The first kappa shape index (κ1) is 26.8. The predicted molar refractivity (Wildman–Crippen MR) is 137 cm³/mol. The first-order valence-electron chi connectivity index (χ1n) is 11.4. The Morgan fingerprint density at radius 2 is 1.47 bits per heavy atom. The molecule has 1 heterocycles. The van der Waals surface area contributed by atoms with E-state index in [-0.39, 0.29) is 24.0 Å². The van der Waals surface area contributed by atoms with Gasteiger partial charge in [0.05, 0.1) is 36.1 Å². The van der Waals surface area contributed by atoms with Crippen molar-refractivity contribution in [1.29, 1.82) is 0 Å². The topological polar surface area (TPSA) is 126 Å². The van der Waals surface area contributed by atoms with Gasteiger partial charge < -0.3 is 0 Å². The molecule has 1 aliphatic carbocycles. The smallest absolute Gasteiger partial charge is 0.268 e. The van der Waals surface area contributed by atoms with Crippen LogP contribution in [0.1, 0.15) is 47.4 Å². The van der Waals surface area contributed by atoms with E-state index >= 15 is 0 Å². The Hall–Kier alpha value is -2.25. The largest absolute Gasteiger partial charge is 0.270 e. The number of hydrogen-bond acceptors (Lipinski definition) is 8. The number of rotatable bonds is 9. The normalized spacial score (nSPS) is 18.6. The van der Waals surface area contributed by atoms with E-state index in [1.807, 2.05) is 19.9 Å². The molecule has 1 aromatic heterocycles. The molecular formula is C24H29NO8S3. The Labute approximate surface area is 212 Å². The van der Waals surface area contributed by atoms with E-state index in [0.717, 1.165) is 34.6 Å². The van der Waals surface area contributed by atoms with Gasteiger partial charge >= 0.3 is 0 Å². The quantitative estimate of drug-likeness (QED) is 0.368. The van der Waals surface area contributed by atoms with Crippen LogP contribution in [0.3, 0.4) is 0 Å². The van der Waals surface area contributed by atoms with E-state index in [2.05, 4.69) is 0 Å². The summed E-state index contributed by atoms with van der Waals surface area (Å²) in [6, 6.07) is 10.2. The van der Waals surface area contributed by atoms with Gasteiger partial charge in [-0.15, -0.1) is 0 Å². The van der Waals surface area contributed by atoms with Crippen LogP contribution < -0.4 is 0 Å². The fourth-order valence-corrected chi connectivity index (χ4v) is 7.00. The third-order valence-corrected chi connectivity index (χ3v) is 9.25. The molecule has 2 aromatic carbocycles. The monoisotopic (exact) mass is 555 g/mol. The van der Waals surface area contributed by atoms with Crippen molar-refractivity contribution in [3.8, 4) is 0 Å². The van der Waals surface area contributed by atoms with E-state index in [4.69, 9.17) is 8.37 Å². The fraction of sp³-hybridized carbons (Fsp3) is 0.417. The van der Waals surface area contributed by atoms with Crippen LogP contribution in [0.25, 0.3) is 10.9 Å². The van der Waals surface area contributed by atoms with Gasteiger partial charge in [0.1, 0.15) is 0 Å². The van der Waals surface area contributed by atoms with Crippen molar-refractivity contribution in [3.63, 3.8) is 0 Å². The van der Waals surface area contributed by atoms with Gasteiger partial charge in [-0.3, -0.25) is 8.37 Å². The zero-order valence-electron chi connectivity index (χ0n) is 20.5. The lowest BCUT2D eigenvalue weighted by Crippen LogP contribution is -2.15. The van der Waals surface area contributed by atoms with Crippen molar-refractivity contribution in [2.24, 2.45) is 0 Å². The molecule has 0 N–H and O–H groups in total. The van der Waals surface area contributed by atoms with Crippen molar-refractivity contribution >= 4 is 41.2 Å². The Kier molecular flexibility index (Phi) is 7.12. The van der Waals surface area contributed by atoms with Crippen molar-refractivity contribution in [2.45, 2.75) is 43.4 Å². The zero-order chi connectivity index (χ0) is 26.5. The zero-order valence-corrected chi connectivity index (χ0v) is 22.9. The molecule has 196 valence electrons. The maximum Gasteiger partial charge on any atom is 0.268 e. The highest BCUT2D eigenvalue weighted by atomic mass is 32.2. The first-order chi connectivity index (χ1) is 16.7. The lowest BCUT2D eigenvalue weighted by Gasteiger charge is -2.17. The van der Waals surface area contributed by atoms with Gasteiger partial charge in [-0.1, -0.05) is 30.7 Å². The van der Waals surface area contributed by atoms with Gasteiger partial charge in [-0.05, 0) is 54.7 Å². The second-order valence-electron chi connectivity index (χ2n) is 9.19. The Morgan fingerprint density at radius 1 is 0.889 bits per heavy atom. The van der Waals surface area contributed by atoms with Crippen LogP contribution >= 0.6 is 0 Å². The summed E-state index contributed by atoms with van der Waals surface area (Å²) in [5.41, 5.74) is 3.65. The van der Waals surface area contributed by atoms with E-state index in [9.17, 15) is 25.3 Å². The van der Waals surface area contributed by atoms with E-state index in [0.29, 0.717) is 23.9 Å². The summed E-state index contributed by atoms with van der Waals surface area (Å²) in [4.78, 5) is 0.125. The van der Waals surface area contributed by atoms with Gasteiger partial charge in [-0.2, -0.15) is 16.8 Å². The molecule has 0 saturated heterocycles. The summed E-state index contributed by atoms with van der Waals surface area (Å²) in [5, 5.41) is 0.737. The molecule has 2 atom stereocenters. The molecule has 1 aliphatic rings. The SMILES string of the molecule is CCc1cc2c(c3c1ccn3S(=O)(=O)c1ccc(C)cc1)[C@@H](COS(C)(=O)=O)C[C@H]2COS(C)(=O)=O. The number of nitrogens with zero attached hydrogens (tertiary/aromatic N) is 1. The molecule has 0 amide bonds. The number of aryl methyl sites for hydroxylation is 2. The number of fused-ring (bicyclic) bond motifs is 3. The molecule has 4 rings (SSSR count). The maximum absolute atomic E-state index is 13.7.